The van der Waals surface area contributed by atoms with E-state index in [0.29, 0.717) is 45.8 Å². The highest BCUT2D eigenvalue weighted by atomic mass is 35.5. The number of aromatic nitrogens is 1. The summed E-state index contributed by atoms with van der Waals surface area (Å²) in [4.78, 5) is 60.5. The number of carbonyl (C=O) groups is 4. The molecule has 272 valence electrons. The lowest BCUT2D eigenvalue weighted by Crippen LogP contribution is -2.52. The molecule has 16 heteroatoms. The van der Waals surface area contributed by atoms with Gasteiger partial charge < -0.3 is 29.0 Å². The second-order valence-corrected chi connectivity index (χ2v) is 14.7. The molecular formula is C34H44ClN5O9S. The Labute approximate surface area is 301 Å². The largest absolute Gasteiger partial charge is 0.494 e. The first-order valence-electron chi connectivity index (χ1n) is 16.0. The molecule has 1 atom stereocenters. The fourth-order valence-corrected chi connectivity index (χ4v) is 6.01. The molecule has 1 aromatic heterocycles. The van der Waals surface area contributed by atoms with Crippen LogP contribution in [0.2, 0.25) is 5.02 Å². The van der Waals surface area contributed by atoms with E-state index in [-0.39, 0.29) is 38.3 Å². The molecule has 0 unspecified atom stereocenters. The number of amides is 4. The van der Waals surface area contributed by atoms with Crippen LogP contribution in [-0.2, 0) is 30.3 Å². The van der Waals surface area contributed by atoms with Crippen molar-refractivity contribution in [1.82, 2.24) is 24.8 Å². The lowest BCUT2D eigenvalue weighted by Gasteiger charge is -2.36. The van der Waals surface area contributed by atoms with Gasteiger partial charge in [0.15, 0.2) is 5.75 Å². The molecule has 4 amide bonds. The highest BCUT2D eigenvalue weighted by molar-refractivity contribution is 7.98. The number of ether oxygens (including phenoxy) is 5. The smallest absolute Gasteiger partial charge is 0.417 e. The number of methoxy groups -OCH3 is 1. The van der Waals surface area contributed by atoms with Gasteiger partial charge in [-0.1, -0.05) is 17.7 Å². The molecule has 2 aromatic rings. The molecule has 3 heterocycles. The molecule has 0 saturated carbocycles. The number of hydrogen-bond donors (Lipinski definition) is 2. The van der Waals surface area contributed by atoms with Crippen molar-refractivity contribution in [1.29, 1.82) is 0 Å². The van der Waals surface area contributed by atoms with E-state index >= 15 is 0 Å². The third kappa shape index (κ3) is 10.4. The minimum absolute atomic E-state index is 0.00992. The Bertz CT molecular complexity index is 1610. The first kappa shape index (κ1) is 38.6. The van der Waals surface area contributed by atoms with E-state index in [1.54, 1.807) is 83.1 Å². The first-order valence-corrected chi connectivity index (χ1v) is 17.2. The van der Waals surface area contributed by atoms with Crippen LogP contribution < -0.4 is 19.5 Å². The zero-order valence-corrected chi connectivity index (χ0v) is 30.9. The van der Waals surface area contributed by atoms with Crippen LogP contribution in [0.3, 0.4) is 0 Å². The standard InChI is InChI=1S/C34H44ClN5O9S/c1-33(2,3)48-31(43)39-15-16-46-19-22(39)20-47-25-18-36-13-11-21(25)17-37-24-12-14-40(32(44)49-34(4,5)6)30(42)27(24)29(41)38-50-26-10-8-9-23(35)28(26)45-7/h8-11,13,18,22,37H,12,14-17,19-20H2,1-7H3,(H,38,41)/t22-/m0/s1. The topological polar surface area (TPSA) is 158 Å². The fourth-order valence-electron chi connectivity index (χ4n) is 4.96. The van der Waals surface area contributed by atoms with Gasteiger partial charge >= 0.3 is 12.2 Å². The summed E-state index contributed by atoms with van der Waals surface area (Å²) >= 11 is 7.16. The highest BCUT2D eigenvalue weighted by Crippen LogP contribution is 2.34. The third-order valence-electron chi connectivity index (χ3n) is 7.22. The Morgan fingerprint density at radius 2 is 1.78 bits per heavy atom. The highest BCUT2D eigenvalue weighted by Gasteiger charge is 2.38. The van der Waals surface area contributed by atoms with Crippen molar-refractivity contribution in [3.8, 4) is 11.5 Å². The molecule has 0 spiro atoms. The third-order valence-corrected chi connectivity index (χ3v) is 8.35. The molecule has 1 fully saturated rings. The second kappa shape index (κ2) is 16.7. The Balaban J connectivity index is 1.53. The van der Waals surface area contributed by atoms with Crippen molar-refractivity contribution in [3.63, 3.8) is 0 Å². The predicted molar refractivity (Wildman–Crippen MR) is 186 cm³/mol. The number of pyridine rings is 1. The Morgan fingerprint density at radius 1 is 1.06 bits per heavy atom. The molecule has 2 N–H and O–H groups in total. The van der Waals surface area contributed by atoms with Crippen LogP contribution in [0.25, 0.3) is 0 Å². The Hall–Kier alpha value is -4.21. The van der Waals surface area contributed by atoms with Crippen molar-refractivity contribution in [2.24, 2.45) is 0 Å². The van der Waals surface area contributed by atoms with Gasteiger partial charge in [-0.3, -0.25) is 24.2 Å². The first-order chi connectivity index (χ1) is 23.6. The zero-order valence-electron chi connectivity index (χ0n) is 29.3. The Morgan fingerprint density at radius 3 is 2.48 bits per heavy atom. The van der Waals surface area contributed by atoms with Crippen LogP contribution in [0.4, 0.5) is 9.59 Å². The molecule has 1 saturated heterocycles. The SMILES string of the molecule is COc1c(Cl)cccc1SNC(=O)C1=C(NCc2ccncc2OC[C@@H]2COCCN2C(=O)OC(C)(C)C)CCN(C(=O)OC(C)(C)C)C1=O. The van der Waals surface area contributed by atoms with Gasteiger partial charge in [0, 0.05) is 43.5 Å². The van der Waals surface area contributed by atoms with E-state index in [1.807, 2.05) is 0 Å². The lowest BCUT2D eigenvalue weighted by atomic mass is 10.0. The average molecular weight is 734 g/mol. The predicted octanol–water partition coefficient (Wildman–Crippen LogP) is 5.09. The number of carbonyl (C=O) groups excluding carboxylic acids is 4. The maximum absolute atomic E-state index is 13.7. The number of hydrogen-bond acceptors (Lipinski definition) is 12. The van der Waals surface area contributed by atoms with Gasteiger partial charge in [0.25, 0.3) is 11.8 Å². The molecule has 0 radical (unpaired) electrons. The molecule has 0 bridgehead atoms. The Kier molecular flexibility index (Phi) is 12.9. The molecule has 0 aliphatic carbocycles. The summed E-state index contributed by atoms with van der Waals surface area (Å²) < 4.78 is 30.8. The second-order valence-electron chi connectivity index (χ2n) is 13.4. The molecule has 4 rings (SSSR count). The minimum atomic E-state index is -0.855. The van der Waals surface area contributed by atoms with Gasteiger partial charge in [0.1, 0.15) is 29.1 Å². The van der Waals surface area contributed by atoms with Crippen LogP contribution in [-0.4, -0.2) is 96.0 Å². The van der Waals surface area contributed by atoms with Crippen LogP contribution in [0.5, 0.6) is 11.5 Å². The van der Waals surface area contributed by atoms with E-state index in [4.69, 9.17) is 35.3 Å². The van der Waals surface area contributed by atoms with Gasteiger partial charge in [0.2, 0.25) is 0 Å². The van der Waals surface area contributed by atoms with E-state index in [0.717, 1.165) is 16.8 Å². The summed E-state index contributed by atoms with van der Waals surface area (Å²) in [5.41, 5.74) is -0.761. The van der Waals surface area contributed by atoms with Crippen molar-refractivity contribution in [2.75, 3.05) is 40.0 Å². The zero-order chi connectivity index (χ0) is 36.6. The van der Waals surface area contributed by atoms with Gasteiger partial charge in [-0.25, -0.2) is 14.5 Å². The molecule has 1 aromatic carbocycles. The van der Waals surface area contributed by atoms with Crippen LogP contribution >= 0.6 is 23.5 Å². The van der Waals surface area contributed by atoms with Gasteiger partial charge in [-0.2, -0.15) is 0 Å². The van der Waals surface area contributed by atoms with Crippen LogP contribution in [0.1, 0.15) is 53.5 Å². The number of halogens is 1. The van der Waals surface area contributed by atoms with Crippen LogP contribution in [0.15, 0.2) is 52.8 Å². The summed E-state index contributed by atoms with van der Waals surface area (Å²) in [7, 11) is 1.46. The van der Waals surface area contributed by atoms with E-state index in [2.05, 4.69) is 15.0 Å². The number of nitrogens with one attached hydrogen (secondary N) is 2. The molecular weight excluding hydrogens is 690 g/mol. The number of nitrogens with zero attached hydrogens (tertiary/aromatic N) is 3. The summed E-state index contributed by atoms with van der Waals surface area (Å²) in [6, 6.07) is 6.40. The summed E-state index contributed by atoms with van der Waals surface area (Å²) in [6.07, 6.45) is 1.99. The number of imide groups is 1. The molecule has 50 heavy (non-hydrogen) atoms. The lowest BCUT2D eigenvalue weighted by molar-refractivity contribution is -0.130. The average Bonchev–Trinajstić information content (AvgIpc) is 3.04. The van der Waals surface area contributed by atoms with Crippen LogP contribution in [0, 0.1) is 0 Å². The van der Waals surface area contributed by atoms with Crippen molar-refractivity contribution in [2.45, 2.75) is 76.6 Å². The molecule has 14 nitrogen and oxygen atoms in total. The van der Waals surface area contributed by atoms with Gasteiger partial charge in [0.05, 0.1) is 42.5 Å². The van der Waals surface area contributed by atoms with E-state index < -0.39 is 41.2 Å². The fraction of sp³-hybridized carbons (Fsp3) is 0.500. The summed E-state index contributed by atoms with van der Waals surface area (Å²) in [5.74, 6) is -0.753. The summed E-state index contributed by atoms with van der Waals surface area (Å²) in [6.45, 7) is 11.8. The number of rotatable bonds is 10. The summed E-state index contributed by atoms with van der Waals surface area (Å²) in [5, 5.41) is 3.56. The minimum Gasteiger partial charge on any atom is -0.494 e. The van der Waals surface area contributed by atoms with E-state index in [1.165, 1.54) is 7.11 Å². The monoisotopic (exact) mass is 733 g/mol. The normalized spacial score (nSPS) is 16.9. The van der Waals surface area contributed by atoms with E-state index in [9.17, 15) is 19.2 Å². The van der Waals surface area contributed by atoms with Crippen molar-refractivity contribution < 1.29 is 42.9 Å². The maximum atomic E-state index is 13.7. The number of morpholine rings is 1. The maximum Gasteiger partial charge on any atom is 0.417 e. The molecule has 2 aliphatic heterocycles. The van der Waals surface area contributed by atoms with Crippen molar-refractivity contribution in [3.05, 3.63) is 58.5 Å². The van der Waals surface area contributed by atoms with Gasteiger partial charge in [-0.15, -0.1) is 0 Å². The molecule has 2 aliphatic rings. The quantitative estimate of drug-likeness (QED) is 0.247. The van der Waals surface area contributed by atoms with Gasteiger partial charge in [-0.05, 0) is 71.7 Å². The van der Waals surface area contributed by atoms with Crippen molar-refractivity contribution >= 4 is 47.5 Å². The number of para-hydroxylation sites is 1. The number of benzene rings is 1.